The van der Waals surface area contributed by atoms with Gasteiger partial charge in [0.05, 0.1) is 25.3 Å². The molecule has 0 aliphatic heterocycles. The molecule has 4 rings (SSSR count). The molecule has 0 saturated carbocycles. The molecule has 0 bridgehead atoms. The molecule has 30 heavy (non-hydrogen) atoms. The summed E-state index contributed by atoms with van der Waals surface area (Å²) in [6, 6.07) is 21.3. The van der Waals surface area contributed by atoms with Crippen LogP contribution in [0.5, 0.6) is 0 Å². The zero-order valence-electron chi connectivity index (χ0n) is 16.6. The topological polar surface area (TPSA) is 65.5 Å². The predicted octanol–water partition coefficient (Wildman–Crippen LogP) is 5.13. The fourth-order valence-electron chi connectivity index (χ4n) is 3.42. The van der Waals surface area contributed by atoms with E-state index in [1.165, 1.54) is 25.7 Å². The Morgan fingerprint density at radius 3 is 2.37 bits per heavy atom. The number of hydrogen-bond donors (Lipinski definition) is 0. The lowest BCUT2D eigenvalue weighted by Crippen LogP contribution is -2.09. The van der Waals surface area contributed by atoms with E-state index in [0.717, 1.165) is 16.5 Å². The van der Waals surface area contributed by atoms with Crippen LogP contribution in [-0.4, -0.2) is 31.1 Å². The first kappa shape index (κ1) is 19.3. The van der Waals surface area contributed by atoms with Crippen molar-refractivity contribution in [3.63, 3.8) is 0 Å². The lowest BCUT2D eigenvalue weighted by molar-refractivity contribution is 0.0594. The zero-order chi connectivity index (χ0) is 21.1. The Balaban J connectivity index is 1.80. The van der Waals surface area contributed by atoms with Crippen LogP contribution in [0, 0.1) is 0 Å². The number of nitrogens with zero attached hydrogens (tertiary/aromatic N) is 1. The molecular weight excluding hydrogens is 378 g/mol. The Hall–Kier alpha value is -3.99. The van der Waals surface area contributed by atoms with Crippen LogP contribution in [0.3, 0.4) is 0 Å². The highest BCUT2D eigenvalue weighted by Crippen LogP contribution is 2.24. The van der Waals surface area contributed by atoms with Crippen LogP contribution < -0.4 is 0 Å². The summed E-state index contributed by atoms with van der Waals surface area (Å²) in [5.74, 6) is -1.15. The predicted molar refractivity (Wildman–Crippen MR) is 117 cm³/mol. The van der Waals surface area contributed by atoms with E-state index in [9.17, 15) is 9.59 Å². The summed E-state index contributed by atoms with van der Waals surface area (Å²) < 4.78 is 9.63. The fraction of sp³-hybridized carbons (Fsp3) is 0.0800. The number of rotatable bonds is 4. The average molecular weight is 397 g/mol. The van der Waals surface area contributed by atoms with Crippen LogP contribution in [0.25, 0.3) is 33.8 Å². The van der Waals surface area contributed by atoms with Crippen molar-refractivity contribution in [3.8, 4) is 0 Å². The second kappa shape index (κ2) is 8.17. The normalized spacial score (nSPS) is 11.1. The molecule has 0 amide bonds. The standard InChI is InChI=1S/C25H19NO4/c1-29-24(27)21-15-23(25(28)30-2)26-22-13-11-16(14-20(21)22)10-12-18-8-5-7-17-6-3-4-9-19(17)18/h3-15H,1-2H3/b12-10+. The van der Waals surface area contributed by atoms with Gasteiger partial charge in [-0.25, -0.2) is 14.6 Å². The summed E-state index contributed by atoms with van der Waals surface area (Å²) in [7, 11) is 2.57. The minimum atomic E-state index is -0.609. The van der Waals surface area contributed by atoms with Crippen molar-refractivity contribution in [2.45, 2.75) is 0 Å². The lowest BCUT2D eigenvalue weighted by atomic mass is 10.0. The largest absolute Gasteiger partial charge is 0.465 e. The summed E-state index contributed by atoms with van der Waals surface area (Å²) in [6.07, 6.45) is 4.02. The van der Waals surface area contributed by atoms with Gasteiger partial charge in [0.25, 0.3) is 0 Å². The van der Waals surface area contributed by atoms with E-state index in [4.69, 9.17) is 9.47 Å². The highest BCUT2D eigenvalue weighted by molar-refractivity contribution is 6.06. The Bertz CT molecular complexity index is 1300. The van der Waals surface area contributed by atoms with Crippen molar-refractivity contribution in [3.05, 3.63) is 89.1 Å². The first-order valence-electron chi connectivity index (χ1n) is 9.38. The van der Waals surface area contributed by atoms with E-state index < -0.39 is 11.9 Å². The van der Waals surface area contributed by atoms with Crippen molar-refractivity contribution in [2.75, 3.05) is 14.2 Å². The molecule has 148 valence electrons. The minimum absolute atomic E-state index is 0.0597. The van der Waals surface area contributed by atoms with Crippen molar-refractivity contribution in [2.24, 2.45) is 0 Å². The number of esters is 2. The molecule has 5 heteroatoms. The molecule has 0 saturated heterocycles. The van der Waals surface area contributed by atoms with E-state index in [-0.39, 0.29) is 11.3 Å². The second-order valence-electron chi connectivity index (χ2n) is 6.72. The van der Waals surface area contributed by atoms with Gasteiger partial charge < -0.3 is 9.47 Å². The van der Waals surface area contributed by atoms with E-state index in [0.29, 0.717) is 10.9 Å². The van der Waals surface area contributed by atoms with Gasteiger partial charge in [0.1, 0.15) is 5.69 Å². The molecule has 1 heterocycles. The summed E-state index contributed by atoms with van der Waals surface area (Å²) in [5.41, 5.74) is 2.84. The van der Waals surface area contributed by atoms with Gasteiger partial charge >= 0.3 is 11.9 Å². The Kier molecular flexibility index (Phi) is 5.26. The van der Waals surface area contributed by atoms with Gasteiger partial charge in [-0.1, -0.05) is 60.7 Å². The third kappa shape index (κ3) is 3.65. The summed E-state index contributed by atoms with van der Waals surface area (Å²) in [6.45, 7) is 0. The number of pyridine rings is 1. The summed E-state index contributed by atoms with van der Waals surface area (Å²) in [4.78, 5) is 28.5. The average Bonchev–Trinajstić information content (AvgIpc) is 2.80. The summed E-state index contributed by atoms with van der Waals surface area (Å²) >= 11 is 0. The summed E-state index contributed by atoms with van der Waals surface area (Å²) in [5, 5.41) is 2.94. The van der Waals surface area contributed by atoms with E-state index >= 15 is 0 Å². The van der Waals surface area contributed by atoms with Crippen LogP contribution in [-0.2, 0) is 9.47 Å². The van der Waals surface area contributed by atoms with Crippen LogP contribution in [0.15, 0.2) is 66.7 Å². The fourth-order valence-corrected chi connectivity index (χ4v) is 3.42. The maximum absolute atomic E-state index is 12.3. The lowest BCUT2D eigenvalue weighted by Gasteiger charge is -2.08. The number of fused-ring (bicyclic) bond motifs is 2. The van der Waals surface area contributed by atoms with Gasteiger partial charge in [0, 0.05) is 5.39 Å². The van der Waals surface area contributed by atoms with E-state index in [2.05, 4.69) is 29.2 Å². The number of aromatic nitrogens is 1. The van der Waals surface area contributed by atoms with Gasteiger partial charge in [-0.2, -0.15) is 0 Å². The number of carbonyl (C=O) groups excluding carboxylic acids is 2. The molecule has 0 spiro atoms. The number of hydrogen-bond acceptors (Lipinski definition) is 5. The molecule has 3 aromatic carbocycles. The molecule has 0 unspecified atom stereocenters. The number of benzene rings is 3. The maximum atomic E-state index is 12.3. The van der Waals surface area contributed by atoms with Crippen molar-refractivity contribution < 1.29 is 19.1 Å². The first-order valence-corrected chi connectivity index (χ1v) is 9.38. The Labute approximate surface area is 173 Å². The zero-order valence-corrected chi connectivity index (χ0v) is 16.6. The minimum Gasteiger partial charge on any atom is -0.465 e. The van der Waals surface area contributed by atoms with Crippen LogP contribution in [0.1, 0.15) is 32.0 Å². The third-order valence-electron chi connectivity index (χ3n) is 4.91. The smallest absolute Gasteiger partial charge is 0.356 e. The third-order valence-corrected chi connectivity index (χ3v) is 4.91. The molecule has 0 fully saturated rings. The van der Waals surface area contributed by atoms with E-state index in [1.54, 1.807) is 6.07 Å². The maximum Gasteiger partial charge on any atom is 0.356 e. The number of carbonyl (C=O) groups is 2. The molecule has 0 atom stereocenters. The quantitative estimate of drug-likeness (QED) is 0.353. The van der Waals surface area contributed by atoms with E-state index in [1.807, 2.05) is 42.5 Å². The van der Waals surface area contributed by atoms with Gasteiger partial charge in [-0.15, -0.1) is 0 Å². The highest BCUT2D eigenvalue weighted by atomic mass is 16.5. The molecule has 0 N–H and O–H groups in total. The van der Waals surface area contributed by atoms with Gasteiger partial charge in [-0.05, 0) is 40.1 Å². The van der Waals surface area contributed by atoms with Crippen molar-refractivity contribution >= 4 is 45.8 Å². The Morgan fingerprint density at radius 2 is 1.57 bits per heavy atom. The molecule has 0 radical (unpaired) electrons. The molecule has 0 aliphatic carbocycles. The molecule has 1 aromatic heterocycles. The van der Waals surface area contributed by atoms with Crippen LogP contribution >= 0.6 is 0 Å². The number of methoxy groups -OCH3 is 2. The Morgan fingerprint density at radius 1 is 0.800 bits per heavy atom. The first-order chi connectivity index (χ1) is 14.6. The highest BCUT2D eigenvalue weighted by Gasteiger charge is 2.17. The molecule has 5 nitrogen and oxygen atoms in total. The SMILES string of the molecule is COC(=O)c1cc(C(=O)OC)c2cc(/C=C/c3cccc4ccccc34)ccc2n1. The molecule has 0 aliphatic rings. The van der Waals surface area contributed by atoms with Crippen LogP contribution in [0.4, 0.5) is 0 Å². The monoisotopic (exact) mass is 397 g/mol. The van der Waals surface area contributed by atoms with Crippen molar-refractivity contribution in [1.29, 1.82) is 0 Å². The second-order valence-corrected chi connectivity index (χ2v) is 6.72. The molecule has 4 aromatic rings. The van der Waals surface area contributed by atoms with Crippen LogP contribution in [0.2, 0.25) is 0 Å². The number of ether oxygens (including phenoxy) is 2. The van der Waals surface area contributed by atoms with Crippen molar-refractivity contribution in [1.82, 2.24) is 4.98 Å². The van der Waals surface area contributed by atoms with Gasteiger partial charge in [-0.3, -0.25) is 0 Å². The van der Waals surface area contributed by atoms with Gasteiger partial charge in [0.15, 0.2) is 0 Å². The molecular formula is C25H19NO4. The van der Waals surface area contributed by atoms with Gasteiger partial charge in [0.2, 0.25) is 0 Å².